The first-order valence-corrected chi connectivity index (χ1v) is 7.14. The molecule has 2 aromatic rings. The summed E-state index contributed by atoms with van der Waals surface area (Å²) >= 11 is 0. The normalized spacial score (nSPS) is 10.9. The monoisotopic (exact) mass is 272 g/mol. The van der Waals surface area contributed by atoms with Crippen LogP contribution in [0.5, 0.6) is 0 Å². The molecule has 0 saturated carbocycles. The molecule has 2 aromatic carbocycles. The van der Waals surface area contributed by atoms with E-state index >= 15 is 0 Å². The van der Waals surface area contributed by atoms with E-state index in [1.54, 1.807) is 0 Å². The maximum absolute atomic E-state index is 12.0. The number of nitrogens with zero attached hydrogens (tertiary/aromatic N) is 1. The zero-order valence-electron chi connectivity index (χ0n) is 10.1. The third kappa shape index (κ3) is 3.41. The minimum atomic E-state index is -3.54. The molecule has 4 nitrogen and oxygen atoms in total. The number of nitrogens with one attached hydrogen (secondary N) is 1. The van der Waals surface area contributed by atoms with Crippen LogP contribution in [0, 0.1) is 11.3 Å². The number of sulfonamides is 1. The first-order valence-electron chi connectivity index (χ1n) is 5.65. The van der Waals surface area contributed by atoms with Gasteiger partial charge in [-0.1, -0.05) is 30.3 Å². The molecule has 0 fully saturated rings. The lowest BCUT2D eigenvalue weighted by molar-refractivity contribution is 0.581. The first-order chi connectivity index (χ1) is 9.12. The summed E-state index contributed by atoms with van der Waals surface area (Å²) in [5.74, 6) is 0. The van der Waals surface area contributed by atoms with Crippen molar-refractivity contribution in [2.45, 2.75) is 11.4 Å². The highest BCUT2D eigenvalue weighted by atomic mass is 32.2. The fraction of sp³-hybridized carbons (Fsp3) is 0.0714. The molecular weight excluding hydrogens is 260 g/mol. The Morgan fingerprint density at radius 1 is 1.00 bits per heavy atom. The summed E-state index contributed by atoms with van der Waals surface area (Å²) in [5.41, 5.74) is 1.32. The first kappa shape index (κ1) is 13.3. The van der Waals surface area contributed by atoms with Crippen LogP contribution < -0.4 is 4.72 Å². The van der Waals surface area contributed by atoms with Gasteiger partial charge in [0.1, 0.15) is 0 Å². The molecule has 0 radical (unpaired) electrons. The van der Waals surface area contributed by atoms with Gasteiger partial charge in [-0.2, -0.15) is 5.26 Å². The Labute approximate surface area is 112 Å². The van der Waals surface area contributed by atoms with Gasteiger partial charge in [-0.25, -0.2) is 13.1 Å². The Morgan fingerprint density at radius 3 is 2.21 bits per heavy atom. The summed E-state index contributed by atoms with van der Waals surface area (Å²) in [5, 5.41) is 8.67. The minimum absolute atomic E-state index is 0.155. The molecule has 1 N–H and O–H groups in total. The second kappa shape index (κ2) is 5.65. The lowest BCUT2D eigenvalue weighted by Gasteiger charge is -2.06. The highest BCUT2D eigenvalue weighted by Crippen LogP contribution is 2.10. The summed E-state index contributed by atoms with van der Waals surface area (Å²) in [6, 6.07) is 17.0. The van der Waals surface area contributed by atoms with Crippen molar-refractivity contribution in [3.8, 4) is 6.07 Å². The largest absolute Gasteiger partial charge is 0.240 e. The van der Waals surface area contributed by atoms with Crippen molar-refractivity contribution in [2.75, 3.05) is 0 Å². The van der Waals surface area contributed by atoms with Gasteiger partial charge in [0.15, 0.2) is 0 Å². The molecule has 96 valence electrons. The van der Waals surface area contributed by atoms with E-state index < -0.39 is 10.0 Å². The molecule has 0 spiro atoms. The van der Waals surface area contributed by atoms with Crippen molar-refractivity contribution in [2.24, 2.45) is 0 Å². The van der Waals surface area contributed by atoms with Crippen molar-refractivity contribution in [3.63, 3.8) is 0 Å². The van der Waals surface area contributed by atoms with Gasteiger partial charge in [-0.3, -0.25) is 0 Å². The third-order valence-electron chi connectivity index (χ3n) is 2.60. The van der Waals surface area contributed by atoms with E-state index in [-0.39, 0.29) is 11.4 Å². The molecule has 0 atom stereocenters. The van der Waals surface area contributed by atoms with Gasteiger partial charge in [0.2, 0.25) is 10.0 Å². The molecule has 19 heavy (non-hydrogen) atoms. The molecule has 0 heterocycles. The van der Waals surface area contributed by atoms with Gasteiger partial charge in [-0.05, 0) is 29.8 Å². The zero-order chi connectivity index (χ0) is 13.7. The van der Waals surface area contributed by atoms with Crippen molar-refractivity contribution in [1.82, 2.24) is 4.72 Å². The van der Waals surface area contributed by atoms with Crippen LogP contribution in [0.4, 0.5) is 0 Å². The maximum atomic E-state index is 12.0. The minimum Gasteiger partial charge on any atom is -0.207 e. The highest BCUT2D eigenvalue weighted by Gasteiger charge is 2.13. The van der Waals surface area contributed by atoms with E-state index in [0.717, 1.165) is 5.56 Å². The number of hydrogen-bond donors (Lipinski definition) is 1. The average Bonchev–Trinajstić information content (AvgIpc) is 2.46. The quantitative estimate of drug-likeness (QED) is 0.925. The summed E-state index contributed by atoms with van der Waals surface area (Å²) in [7, 11) is -3.54. The van der Waals surface area contributed by atoms with Crippen molar-refractivity contribution in [3.05, 3.63) is 65.7 Å². The van der Waals surface area contributed by atoms with Gasteiger partial charge in [-0.15, -0.1) is 0 Å². The third-order valence-corrected chi connectivity index (χ3v) is 4.02. The van der Waals surface area contributed by atoms with Gasteiger partial charge < -0.3 is 0 Å². The second-order valence-electron chi connectivity index (χ2n) is 3.95. The summed E-state index contributed by atoms with van der Waals surface area (Å²) in [4.78, 5) is 0.155. The van der Waals surface area contributed by atoms with E-state index in [9.17, 15) is 8.42 Å². The molecule has 0 aromatic heterocycles. The predicted molar refractivity (Wildman–Crippen MR) is 71.6 cm³/mol. The number of nitriles is 1. The van der Waals surface area contributed by atoms with Crippen LogP contribution >= 0.6 is 0 Å². The molecule has 0 aliphatic carbocycles. The second-order valence-corrected chi connectivity index (χ2v) is 5.71. The van der Waals surface area contributed by atoms with Crippen LogP contribution in [0.15, 0.2) is 59.5 Å². The van der Waals surface area contributed by atoms with Crippen LogP contribution in [0.25, 0.3) is 0 Å². The van der Waals surface area contributed by atoms with Crippen LogP contribution in [-0.4, -0.2) is 8.42 Å². The molecule has 0 amide bonds. The smallest absolute Gasteiger partial charge is 0.207 e. The highest BCUT2D eigenvalue weighted by molar-refractivity contribution is 7.89. The topological polar surface area (TPSA) is 70.0 Å². The van der Waals surface area contributed by atoms with Crippen LogP contribution in [-0.2, 0) is 16.6 Å². The molecule has 0 aliphatic heterocycles. The Balaban J connectivity index is 2.12. The predicted octanol–water partition coefficient (Wildman–Crippen LogP) is 2.04. The molecule has 0 unspecified atom stereocenters. The van der Waals surface area contributed by atoms with E-state index in [1.165, 1.54) is 24.3 Å². The molecule has 0 aliphatic rings. The summed E-state index contributed by atoms with van der Waals surface area (Å²) < 4.78 is 26.5. The SMILES string of the molecule is N#Cc1ccc(S(=O)(=O)NCc2ccccc2)cc1. The van der Waals surface area contributed by atoms with E-state index in [0.29, 0.717) is 5.56 Å². The Bertz CT molecular complexity index is 686. The molecule has 0 bridgehead atoms. The van der Waals surface area contributed by atoms with E-state index in [4.69, 9.17) is 5.26 Å². The van der Waals surface area contributed by atoms with E-state index in [2.05, 4.69) is 4.72 Å². The Morgan fingerprint density at radius 2 is 1.63 bits per heavy atom. The van der Waals surface area contributed by atoms with Crippen LogP contribution in [0.2, 0.25) is 0 Å². The van der Waals surface area contributed by atoms with E-state index in [1.807, 2.05) is 36.4 Å². The lowest BCUT2D eigenvalue weighted by Crippen LogP contribution is -2.23. The molecule has 5 heteroatoms. The molecule has 0 saturated heterocycles. The van der Waals surface area contributed by atoms with Crippen LogP contribution in [0.1, 0.15) is 11.1 Å². The van der Waals surface area contributed by atoms with Crippen molar-refractivity contribution < 1.29 is 8.42 Å². The van der Waals surface area contributed by atoms with Crippen LogP contribution in [0.3, 0.4) is 0 Å². The maximum Gasteiger partial charge on any atom is 0.240 e. The van der Waals surface area contributed by atoms with Crippen molar-refractivity contribution in [1.29, 1.82) is 5.26 Å². The van der Waals surface area contributed by atoms with Gasteiger partial charge in [0.25, 0.3) is 0 Å². The average molecular weight is 272 g/mol. The van der Waals surface area contributed by atoms with Gasteiger partial charge in [0.05, 0.1) is 16.5 Å². The van der Waals surface area contributed by atoms with Gasteiger partial charge >= 0.3 is 0 Å². The Hall–Kier alpha value is -2.16. The fourth-order valence-electron chi connectivity index (χ4n) is 1.57. The standard InChI is InChI=1S/C14H12N2O2S/c15-10-12-6-8-14(9-7-12)19(17,18)16-11-13-4-2-1-3-5-13/h1-9,16H,11H2. The zero-order valence-corrected chi connectivity index (χ0v) is 10.9. The lowest BCUT2D eigenvalue weighted by atomic mass is 10.2. The number of benzene rings is 2. The van der Waals surface area contributed by atoms with Crippen molar-refractivity contribution >= 4 is 10.0 Å². The molecular formula is C14H12N2O2S. The summed E-state index contributed by atoms with van der Waals surface area (Å²) in [6.07, 6.45) is 0. The summed E-state index contributed by atoms with van der Waals surface area (Å²) in [6.45, 7) is 0.239. The number of rotatable bonds is 4. The van der Waals surface area contributed by atoms with Gasteiger partial charge in [0, 0.05) is 6.54 Å². The molecule has 2 rings (SSSR count). The number of hydrogen-bond acceptors (Lipinski definition) is 3. The Kier molecular flexibility index (Phi) is 3.95. The fourth-order valence-corrected chi connectivity index (χ4v) is 2.58.